The molecule has 3 heteroatoms. The molecule has 1 aliphatic rings. The van der Waals surface area contributed by atoms with Gasteiger partial charge in [0.15, 0.2) is 5.78 Å². The highest BCUT2D eigenvalue weighted by atomic mass is 16.2. The molecule has 0 saturated carbocycles. The number of carbonyl (C=O) groups excluding carboxylic acids is 3. The average Bonchev–Trinajstić information content (AvgIpc) is 2.30. The van der Waals surface area contributed by atoms with Gasteiger partial charge in [0.05, 0.1) is 5.92 Å². The standard InChI is InChI=1S/C14H14O3/c1-4-9-12(15)10-5-7(2)8(3)6-11(10)14(17)13(9)16/h5-6,9H,4H2,1-3H3. The molecule has 0 saturated heterocycles. The van der Waals surface area contributed by atoms with E-state index in [0.717, 1.165) is 11.1 Å². The maximum atomic E-state index is 12.1. The van der Waals surface area contributed by atoms with Crippen LogP contribution in [0.4, 0.5) is 0 Å². The molecule has 0 amide bonds. The van der Waals surface area contributed by atoms with E-state index < -0.39 is 17.5 Å². The molecule has 0 spiro atoms. The first-order valence-corrected chi connectivity index (χ1v) is 5.71. The summed E-state index contributed by atoms with van der Waals surface area (Å²) in [6.45, 7) is 5.51. The van der Waals surface area contributed by atoms with Crippen molar-refractivity contribution in [3.63, 3.8) is 0 Å². The smallest absolute Gasteiger partial charge is 0.230 e. The number of rotatable bonds is 1. The lowest BCUT2D eigenvalue weighted by molar-refractivity contribution is -0.117. The molecule has 1 aromatic carbocycles. The summed E-state index contributed by atoms with van der Waals surface area (Å²) in [5, 5.41) is 0. The van der Waals surface area contributed by atoms with Gasteiger partial charge in [-0.3, -0.25) is 14.4 Å². The molecular weight excluding hydrogens is 216 g/mol. The van der Waals surface area contributed by atoms with E-state index in [4.69, 9.17) is 0 Å². The van der Waals surface area contributed by atoms with Crippen LogP contribution in [0.15, 0.2) is 12.1 Å². The molecule has 1 atom stereocenters. The number of hydrogen-bond acceptors (Lipinski definition) is 3. The monoisotopic (exact) mass is 230 g/mol. The molecule has 0 radical (unpaired) electrons. The Hall–Kier alpha value is -1.77. The van der Waals surface area contributed by atoms with E-state index in [2.05, 4.69) is 0 Å². The topological polar surface area (TPSA) is 51.2 Å². The van der Waals surface area contributed by atoms with Gasteiger partial charge in [0.2, 0.25) is 11.6 Å². The molecule has 1 aromatic rings. The van der Waals surface area contributed by atoms with Gasteiger partial charge >= 0.3 is 0 Å². The molecule has 3 nitrogen and oxygen atoms in total. The summed E-state index contributed by atoms with van der Waals surface area (Å²) < 4.78 is 0. The summed E-state index contributed by atoms with van der Waals surface area (Å²) in [6, 6.07) is 3.37. The molecule has 0 fully saturated rings. The van der Waals surface area contributed by atoms with Crippen LogP contribution in [0.3, 0.4) is 0 Å². The summed E-state index contributed by atoms with van der Waals surface area (Å²) in [5.74, 6) is -2.07. The highest BCUT2D eigenvalue weighted by Crippen LogP contribution is 2.27. The fourth-order valence-corrected chi connectivity index (χ4v) is 2.18. The van der Waals surface area contributed by atoms with Gasteiger partial charge in [0.25, 0.3) is 0 Å². The van der Waals surface area contributed by atoms with Crippen molar-refractivity contribution in [1.29, 1.82) is 0 Å². The summed E-state index contributed by atoms with van der Waals surface area (Å²) in [4.78, 5) is 35.7. The summed E-state index contributed by atoms with van der Waals surface area (Å²) in [5.41, 5.74) is 2.57. The van der Waals surface area contributed by atoms with Crippen LogP contribution in [0.25, 0.3) is 0 Å². The number of Topliss-reactive ketones (excluding diaryl/α,β-unsaturated/α-hetero) is 3. The maximum absolute atomic E-state index is 12.1. The van der Waals surface area contributed by atoms with E-state index in [0.29, 0.717) is 12.0 Å². The molecule has 1 aliphatic carbocycles. The second-order valence-corrected chi connectivity index (χ2v) is 4.50. The lowest BCUT2D eigenvalue weighted by atomic mass is 9.78. The van der Waals surface area contributed by atoms with Crippen LogP contribution < -0.4 is 0 Å². The van der Waals surface area contributed by atoms with E-state index in [1.807, 2.05) is 13.8 Å². The third-order valence-corrected chi connectivity index (χ3v) is 3.41. The predicted octanol–water partition coefficient (Wildman–Crippen LogP) is 2.28. The van der Waals surface area contributed by atoms with Crippen LogP contribution in [0.2, 0.25) is 0 Å². The lowest BCUT2D eigenvalue weighted by Crippen LogP contribution is -2.36. The lowest BCUT2D eigenvalue weighted by Gasteiger charge is -2.21. The van der Waals surface area contributed by atoms with Gasteiger partial charge in [-0.15, -0.1) is 0 Å². The Labute approximate surface area is 99.8 Å². The second-order valence-electron chi connectivity index (χ2n) is 4.50. The Bertz CT molecular complexity index is 541. The van der Waals surface area contributed by atoms with E-state index in [1.165, 1.54) is 0 Å². The molecule has 0 aromatic heterocycles. The first-order chi connectivity index (χ1) is 7.97. The van der Waals surface area contributed by atoms with Crippen molar-refractivity contribution < 1.29 is 14.4 Å². The van der Waals surface area contributed by atoms with Gasteiger partial charge in [-0.2, -0.15) is 0 Å². The highest BCUT2D eigenvalue weighted by Gasteiger charge is 2.39. The Morgan fingerprint density at radius 1 is 0.941 bits per heavy atom. The first kappa shape index (κ1) is 11.7. The Kier molecular flexibility index (Phi) is 2.69. The van der Waals surface area contributed by atoms with Gasteiger partial charge < -0.3 is 0 Å². The maximum Gasteiger partial charge on any atom is 0.230 e. The van der Waals surface area contributed by atoms with E-state index in [1.54, 1.807) is 19.1 Å². The summed E-state index contributed by atoms with van der Waals surface area (Å²) in [6.07, 6.45) is 0.385. The molecule has 0 aliphatic heterocycles. The number of aryl methyl sites for hydroxylation is 2. The van der Waals surface area contributed by atoms with Crippen molar-refractivity contribution in [2.75, 3.05) is 0 Å². The van der Waals surface area contributed by atoms with Gasteiger partial charge in [-0.25, -0.2) is 0 Å². The van der Waals surface area contributed by atoms with Gasteiger partial charge in [-0.1, -0.05) is 6.92 Å². The second kappa shape index (κ2) is 3.91. The molecule has 17 heavy (non-hydrogen) atoms. The predicted molar refractivity (Wildman–Crippen MR) is 63.4 cm³/mol. The van der Waals surface area contributed by atoms with Crippen molar-refractivity contribution in [1.82, 2.24) is 0 Å². The SMILES string of the molecule is CCC1C(=O)C(=O)c2cc(C)c(C)cc2C1=O. The number of benzene rings is 1. The zero-order valence-corrected chi connectivity index (χ0v) is 10.2. The van der Waals surface area contributed by atoms with Crippen LogP contribution in [-0.4, -0.2) is 17.3 Å². The fraction of sp³-hybridized carbons (Fsp3) is 0.357. The van der Waals surface area contributed by atoms with Gasteiger partial charge in [0, 0.05) is 11.1 Å². The number of carbonyl (C=O) groups is 3. The van der Waals surface area contributed by atoms with E-state index in [9.17, 15) is 14.4 Å². The van der Waals surface area contributed by atoms with Crippen molar-refractivity contribution in [3.8, 4) is 0 Å². The number of hydrogen-bond donors (Lipinski definition) is 0. The highest BCUT2D eigenvalue weighted by molar-refractivity contribution is 6.51. The fourth-order valence-electron chi connectivity index (χ4n) is 2.18. The van der Waals surface area contributed by atoms with Gasteiger partial charge in [-0.05, 0) is 43.5 Å². The molecule has 88 valence electrons. The third kappa shape index (κ3) is 1.62. The Morgan fingerprint density at radius 3 is 2.00 bits per heavy atom. The van der Waals surface area contributed by atoms with E-state index in [-0.39, 0.29) is 11.3 Å². The largest absolute Gasteiger partial charge is 0.293 e. The van der Waals surface area contributed by atoms with Crippen molar-refractivity contribution in [3.05, 3.63) is 34.4 Å². The molecular formula is C14H14O3. The quantitative estimate of drug-likeness (QED) is 0.549. The van der Waals surface area contributed by atoms with Crippen molar-refractivity contribution >= 4 is 17.3 Å². The molecule has 2 rings (SSSR count). The Balaban J connectivity index is 2.68. The minimum absolute atomic E-state index is 0.213. The minimum Gasteiger partial charge on any atom is -0.293 e. The Morgan fingerprint density at radius 2 is 1.47 bits per heavy atom. The van der Waals surface area contributed by atoms with Crippen LogP contribution in [-0.2, 0) is 4.79 Å². The van der Waals surface area contributed by atoms with Crippen molar-refractivity contribution in [2.45, 2.75) is 27.2 Å². The van der Waals surface area contributed by atoms with Crippen LogP contribution in [0.1, 0.15) is 45.2 Å². The van der Waals surface area contributed by atoms with Crippen molar-refractivity contribution in [2.24, 2.45) is 5.92 Å². The number of fused-ring (bicyclic) bond motifs is 1. The van der Waals surface area contributed by atoms with Crippen LogP contribution in [0, 0.1) is 19.8 Å². The minimum atomic E-state index is -0.780. The van der Waals surface area contributed by atoms with Crippen LogP contribution >= 0.6 is 0 Å². The zero-order chi connectivity index (χ0) is 12.7. The van der Waals surface area contributed by atoms with Gasteiger partial charge in [0.1, 0.15) is 0 Å². The van der Waals surface area contributed by atoms with E-state index >= 15 is 0 Å². The molecule has 0 heterocycles. The molecule has 0 N–H and O–H groups in total. The first-order valence-electron chi connectivity index (χ1n) is 5.71. The normalized spacial score (nSPS) is 19.5. The summed E-state index contributed by atoms with van der Waals surface area (Å²) in [7, 11) is 0. The molecule has 0 bridgehead atoms. The number of ketones is 3. The molecule has 1 unspecified atom stereocenters. The summed E-state index contributed by atoms with van der Waals surface area (Å²) >= 11 is 0. The zero-order valence-electron chi connectivity index (χ0n) is 10.2. The van der Waals surface area contributed by atoms with Crippen LogP contribution in [0.5, 0.6) is 0 Å². The third-order valence-electron chi connectivity index (χ3n) is 3.41. The average molecular weight is 230 g/mol.